The van der Waals surface area contributed by atoms with E-state index >= 15 is 0 Å². The zero-order valence-corrected chi connectivity index (χ0v) is 10.2. The van der Waals surface area contributed by atoms with Gasteiger partial charge in [-0.2, -0.15) is 0 Å². The van der Waals surface area contributed by atoms with Crippen molar-refractivity contribution in [2.45, 2.75) is 32.7 Å². The van der Waals surface area contributed by atoms with Crippen LogP contribution in [0.5, 0.6) is 0 Å². The van der Waals surface area contributed by atoms with Gasteiger partial charge in [0.15, 0.2) is 0 Å². The van der Waals surface area contributed by atoms with Crippen LogP contribution in [-0.4, -0.2) is 16.1 Å². The van der Waals surface area contributed by atoms with Gasteiger partial charge in [-0.05, 0) is 12.1 Å². The van der Waals surface area contributed by atoms with Crippen molar-refractivity contribution in [3.05, 3.63) is 30.1 Å². The molecule has 0 spiro atoms. The first-order valence-corrected chi connectivity index (χ1v) is 5.70. The maximum absolute atomic E-state index is 5.67. The summed E-state index contributed by atoms with van der Waals surface area (Å²) in [6.07, 6.45) is 0. The molecule has 0 radical (unpaired) electrons. The number of imidazole rings is 1. The number of benzene rings is 1. The lowest BCUT2D eigenvalue weighted by Crippen LogP contribution is -2.21. The predicted octanol–water partition coefficient (Wildman–Crippen LogP) is 2.29. The van der Waals surface area contributed by atoms with Gasteiger partial charge in [0.25, 0.3) is 0 Å². The van der Waals surface area contributed by atoms with Gasteiger partial charge in [0.05, 0.1) is 11.0 Å². The quantitative estimate of drug-likeness (QED) is 0.838. The first-order chi connectivity index (χ1) is 7.54. The van der Waals surface area contributed by atoms with Crippen LogP contribution in [0.3, 0.4) is 0 Å². The van der Waals surface area contributed by atoms with E-state index in [0.29, 0.717) is 6.54 Å². The Hall–Kier alpha value is -1.35. The first kappa shape index (κ1) is 11.1. The molecule has 2 aromatic rings. The van der Waals surface area contributed by atoms with Gasteiger partial charge >= 0.3 is 0 Å². The number of nitrogens with two attached hydrogens (primary N) is 1. The van der Waals surface area contributed by atoms with Crippen molar-refractivity contribution in [1.29, 1.82) is 0 Å². The van der Waals surface area contributed by atoms with Crippen LogP contribution in [0.2, 0.25) is 0 Å². The predicted molar refractivity (Wildman–Crippen MR) is 67.5 cm³/mol. The molecule has 0 atom stereocenters. The van der Waals surface area contributed by atoms with E-state index in [4.69, 9.17) is 10.7 Å². The fourth-order valence-corrected chi connectivity index (χ4v) is 2.00. The van der Waals surface area contributed by atoms with Crippen LogP contribution in [-0.2, 0) is 12.0 Å². The molecule has 0 aliphatic carbocycles. The minimum absolute atomic E-state index is 0.0498. The highest BCUT2D eigenvalue weighted by atomic mass is 15.1. The highest BCUT2D eigenvalue weighted by Crippen LogP contribution is 2.25. The molecule has 2 N–H and O–H groups in total. The summed E-state index contributed by atoms with van der Waals surface area (Å²) in [6, 6.07) is 8.23. The standard InChI is InChI=1S/C13H19N3/c1-13(2,3)12-15-10-6-4-5-7-11(10)16(12)9-8-14/h4-7H,8-9,14H2,1-3H3. The van der Waals surface area contributed by atoms with E-state index in [0.717, 1.165) is 17.9 Å². The van der Waals surface area contributed by atoms with Gasteiger partial charge in [0.1, 0.15) is 5.82 Å². The highest BCUT2D eigenvalue weighted by molar-refractivity contribution is 5.76. The molecule has 0 bridgehead atoms. The van der Waals surface area contributed by atoms with Gasteiger partial charge in [-0.25, -0.2) is 4.98 Å². The van der Waals surface area contributed by atoms with Crippen molar-refractivity contribution in [2.75, 3.05) is 6.54 Å². The molecule has 0 aliphatic rings. The van der Waals surface area contributed by atoms with E-state index in [2.05, 4.69) is 37.5 Å². The summed E-state index contributed by atoms with van der Waals surface area (Å²) in [4.78, 5) is 4.71. The largest absolute Gasteiger partial charge is 0.329 e. The monoisotopic (exact) mass is 217 g/mol. The Morgan fingerprint density at radius 2 is 1.94 bits per heavy atom. The molecule has 3 heteroatoms. The van der Waals surface area contributed by atoms with Crippen LogP contribution >= 0.6 is 0 Å². The number of nitrogens with zero attached hydrogens (tertiary/aromatic N) is 2. The minimum Gasteiger partial charge on any atom is -0.329 e. The third-order valence-electron chi connectivity index (χ3n) is 2.68. The minimum atomic E-state index is 0.0498. The Balaban J connectivity index is 2.68. The fraction of sp³-hybridized carbons (Fsp3) is 0.462. The lowest BCUT2D eigenvalue weighted by atomic mass is 9.95. The summed E-state index contributed by atoms with van der Waals surface area (Å²) in [5, 5.41) is 0. The van der Waals surface area contributed by atoms with E-state index in [1.54, 1.807) is 0 Å². The second-order valence-corrected chi connectivity index (χ2v) is 5.11. The second kappa shape index (κ2) is 3.91. The summed E-state index contributed by atoms with van der Waals surface area (Å²) in [5.74, 6) is 1.11. The molecule has 0 saturated carbocycles. The van der Waals surface area contributed by atoms with Crippen LogP contribution in [0.25, 0.3) is 11.0 Å². The molecule has 2 rings (SSSR count). The molecule has 1 heterocycles. The second-order valence-electron chi connectivity index (χ2n) is 5.11. The van der Waals surface area contributed by atoms with Crippen LogP contribution in [0.1, 0.15) is 26.6 Å². The summed E-state index contributed by atoms with van der Waals surface area (Å²) < 4.78 is 2.23. The van der Waals surface area contributed by atoms with Crippen molar-refractivity contribution in [3.63, 3.8) is 0 Å². The van der Waals surface area contributed by atoms with Gasteiger partial charge in [0.2, 0.25) is 0 Å². The lowest BCUT2D eigenvalue weighted by Gasteiger charge is -2.19. The Labute approximate surface area is 96.3 Å². The summed E-state index contributed by atoms with van der Waals surface area (Å²) in [5.41, 5.74) is 7.96. The van der Waals surface area contributed by atoms with Gasteiger partial charge in [0, 0.05) is 18.5 Å². The smallest absolute Gasteiger partial charge is 0.115 e. The maximum Gasteiger partial charge on any atom is 0.115 e. The topological polar surface area (TPSA) is 43.8 Å². The van der Waals surface area contributed by atoms with Crippen molar-refractivity contribution in [3.8, 4) is 0 Å². The Kier molecular flexibility index (Phi) is 2.72. The first-order valence-electron chi connectivity index (χ1n) is 5.70. The van der Waals surface area contributed by atoms with Gasteiger partial charge in [-0.1, -0.05) is 32.9 Å². The Morgan fingerprint density at radius 3 is 2.56 bits per heavy atom. The zero-order chi connectivity index (χ0) is 11.8. The Morgan fingerprint density at radius 1 is 1.25 bits per heavy atom. The molecule has 86 valence electrons. The summed E-state index contributed by atoms with van der Waals surface area (Å²) >= 11 is 0. The number of fused-ring (bicyclic) bond motifs is 1. The number of hydrogen-bond acceptors (Lipinski definition) is 2. The normalized spacial score (nSPS) is 12.2. The molecule has 0 saturated heterocycles. The summed E-state index contributed by atoms with van der Waals surface area (Å²) in [6.45, 7) is 8.01. The van der Waals surface area contributed by atoms with Crippen LogP contribution in [0.4, 0.5) is 0 Å². The summed E-state index contributed by atoms with van der Waals surface area (Å²) in [7, 11) is 0. The maximum atomic E-state index is 5.67. The molecular weight excluding hydrogens is 198 g/mol. The van der Waals surface area contributed by atoms with Crippen LogP contribution in [0.15, 0.2) is 24.3 Å². The van der Waals surface area contributed by atoms with E-state index in [1.165, 1.54) is 5.52 Å². The highest BCUT2D eigenvalue weighted by Gasteiger charge is 2.22. The SMILES string of the molecule is CC(C)(C)c1nc2ccccc2n1CCN. The number of aromatic nitrogens is 2. The number of rotatable bonds is 2. The van der Waals surface area contributed by atoms with Crippen molar-refractivity contribution in [1.82, 2.24) is 9.55 Å². The van der Waals surface area contributed by atoms with E-state index in [1.807, 2.05) is 12.1 Å². The molecule has 0 amide bonds. The van der Waals surface area contributed by atoms with Gasteiger partial charge in [-0.15, -0.1) is 0 Å². The third-order valence-corrected chi connectivity index (χ3v) is 2.68. The van der Waals surface area contributed by atoms with Crippen LogP contribution in [0, 0.1) is 0 Å². The average molecular weight is 217 g/mol. The third kappa shape index (κ3) is 1.83. The van der Waals surface area contributed by atoms with E-state index in [9.17, 15) is 0 Å². The lowest BCUT2D eigenvalue weighted by molar-refractivity contribution is 0.506. The molecule has 1 aromatic heterocycles. The van der Waals surface area contributed by atoms with Crippen LogP contribution < -0.4 is 5.73 Å². The Bertz CT molecular complexity index is 491. The molecular formula is C13H19N3. The van der Waals surface area contributed by atoms with Gasteiger partial charge in [-0.3, -0.25) is 0 Å². The number of hydrogen-bond donors (Lipinski definition) is 1. The zero-order valence-electron chi connectivity index (χ0n) is 10.2. The average Bonchev–Trinajstić information content (AvgIpc) is 2.58. The molecule has 3 nitrogen and oxygen atoms in total. The van der Waals surface area contributed by atoms with Crippen molar-refractivity contribution < 1.29 is 0 Å². The van der Waals surface area contributed by atoms with Gasteiger partial charge < -0.3 is 10.3 Å². The molecule has 16 heavy (non-hydrogen) atoms. The molecule has 0 aliphatic heterocycles. The van der Waals surface area contributed by atoms with E-state index < -0.39 is 0 Å². The fourth-order valence-electron chi connectivity index (χ4n) is 2.00. The number of para-hydroxylation sites is 2. The molecule has 0 unspecified atom stereocenters. The molecule has 1 aromatic carbocycles. The van der Waals surface area contributed by atoms with E-state index in [-0.39, 0.29) is 5.41 Å². The van der Waals surface area contributed by atoms with Crippen molar-refractivity contribution in [2.24, 2.45) is 5.73 Å². The van der Waals surface area contributed by atoms with Crippen molar-refractivity contribution >= 4 is 11.0 Å². The molecule has 0 fully saturated rings.